The number of carbonyl (C=O) groups excluding carboxylic acids is 2. The molecule has 21 heavy (non-hydrogen) atoms. The summed E-state index contributed by atoms with van der Waals surface area (Å²) < 4.78 is 37.5. The summed E-state index contributed by atoms with van der Waals surface area (Å²) in [5.74, 6) is -2.82. The van der Waals surface area contributed by atoms with Gasteiger partial charge in [0.15, 0.2) is 0 Å². The van der Waals surface area contributed by atoms with E-state index in [-0.39, 0.29) is 0 Å². The second kappa shape index (κ2) is 6.42. The fourth-order valence-corrected chi connectivity index (χ4v) is 2.25. The van der Waals surface area contributed by atoms with Gasteiger partial charge < -0.3 is 5.11 Å². The maximum absolute atomic E-state index is 12.5. The van der Waals surface area contributed by atoms with Crippen LogP contribution >= 0.6 is 0 Å². The molecule has 1 rings (SSSR count). The summed E-state index contributed by atoms with van der Waals surface area (Å²) in [6.45, 7) is 0.863. The summed E-state index contributed by atoms with van der Waals surface area (Å²) in [6, 6.07) is -1.79. The number of rotatable bonds is 6. The summed E-state index contributed by atoms with van der Waals surface area (Å²) in [6.07, 6.45) is -4.60. The van der Waals surface area contributed by atoms with Crippen LogP contribution < -0.4 is 0 Å². The van der Waals surface area contributed by atoms with Crippen LogP contribution in [-0.4, -0.2) is 64.0 Å². The minimum absolute atomic E-state index is 0.424. The Hall–Kier alpha value is -1.64. The van der Waals surface area contributed by atoms with Gasteiger partial charge in [-0.3, -0.25) is 24.2 Å². The van der Waals surface area contributed by atoms with Crippen molar-refractivity contribution in [2.75, 3.05) is 13.1 Å². The van der Waals surface area contributed by atoms with Gasteiger partial charge in [0.2, 0.25) is 11.8 Å². The van der Waals surface area contributed by atoms with Gasteiger partial charge in [0.05, 0.1) is 25.6 Å². The molecular formula is C12H17F3N2O4. The molecule has 0 aliphatic carbocycles. The zero-order valence-corrected chi connectivity index (χ0v) is 11.7. The molecule has 2 amide bonds. The van der Waals surface area contributed by atoms with Gasteiger partial charge in [-0.15, -0.1) is 0 Å². The molecule has 1 N–H and O–H groups in total. The van der Waals surface area contributed by atoms with Gasteiger partial charge in [0.1, 0.15) is 0 Å². The van der Waals surface area contributed by atoms with Crippen LogP contribution in [0.2, 0.25) is 0 Å². The highest BCUT2D eigenvalue weighted by molar-refractivity contribution is 6.06. The Labute approximate surface area is 119 Å². The smallest absolute Gasteiger partial charge is 0.401 e. The fourth-order valence-electron chi connectivity index (χ4n) is 2.25. The van der Waals surface area contributed by atoms with Crippen LogP contribution in [0.5, 0.6) is 0 Å². The number of likely N-dealkylation sites (tertiary alicyclic amines) is 1. The highest BCUT2D eigenvalue weighted by Gasteiger charge is 2.46. The molecular weight excluding hydrogens is 293 g/mol. The molecule has 0 radical (unpaired) electrons. The number of carboxylic acids is 1. The van der Waals surface area contributed by atoms with Crippen molar-refractivity contribution in [3.05, 3.63) is 0 Å². The number of amides is 2. The normalized spacial score (nSPS) is 21.2. The second-order valence-corrected chi connectivity index (χ2v) is 4.99. The highest BCUT2D eigenvalue weighted by Crippen LogP contribution is 2.25. The first kappa shape index (κ1) is 17.4. The Morgan fingerprint density at radius 1 is 1.48 bits per heavy atom. The van der Waals surface area contributed by atoms with Gasteiger partial charge in [-0.25, -0.2) is 0 Å². The molecule has 1 aliphatic rings. The lowest BCUT2D eigenvalue weighted by molar-refractivity contribution is -0.161. The summed E-state index contributed by atoms with van der Waals surface area (Å²) in [5, 5.41) is 8.70. The van der Waals surface area contributed by atoms with Crippen molar-refractivity contribution in [2.45, 2.75) is 44.9 Å². The van der Waals surface area contributed by atoms with E-state index >= 15 is 0 Å². The van der Waals surface area contributed by atoms with Gasteiger partial charge in [-0.2, -0.15) is 13.2 Å². The largest absolute Gasteiger partial charge is 0.480 e. The predicted molar refractivity (Wildman–Crippen MR) is 65.3 cm³/mol. The van der Waals surface area contributed by atoms with Gasteiger partial charge in [-0.1, -0.05) is 6.92 Å². The molecule has 0 aromatic carbocycles. The zero-order chi connectivity index (χ0) is 16.4. The molecule has 2 unspecified atom stereocenters. The molecule has 0 aromatic heterocycles. The first-order valence-electron chi connectivity index (χ1n) is 6.45. The van der Waals surface area contributed by atoms with Crippen LogP contribution in [0.3, 0.4) is 0 Å². The highest BCUT2D eigenvalue weighted by atomic mass is 19.4. The Morgan fingerprint density at radius 3 is 2.48 bits per heavy atom. The van der Waals surface area contributed by atoms with E-state index in [0.717, 1.165) is 4.90 Å². The molecule has 1 fully saturated rings. The average molecular weight is 310 g/mol. The molecule has 1 heterocycles. The van der Waals surface area contributed by atoms with Gasteiger partial charge in [-0.05, 0) is 13.3 Å². The third-order valence-electron chi connectivity index (χ3n) is 3.35. The SMILES string of the molecule is CCC(C)N1C(=O)CC(N(CC(=O)O)CC(F)(F)F)C1=O. The third-order valence-corrected chi connectivity index (χ3v) is 3.35. The van der Waals surface area contributed by atoms with Crippen molar-refractivity contribution in [3.8, 4) is 0 Å². The minimum atomic E-state index is -4.65. The lowest BCUT2D eigenvalue weighted by Crippen LogP contribution is -2.49. The van der Waals surface area contributed by atoms with Crippen molar-refractivity contribution in [2.24, 2.45) is 0 Å². The van der Waals surface area contributed by atoms with Gasteiger partial charge in [0, 0.05) is 6.04 Å². The Morgan fingerprint density at radius 2 is 2.05 bits per heavy atom. The molecule has 6 nitrogen and oxygen atoms in total. The molecule has 0 spiro atoms. The molecule has 0 aromatic rings. The van der Waals surface area contributed by atoms with Gasteiger partial charge >= 0.3 is 12.1 Å². The molecule has 120 valence electrons. The van der Waals surface area contributed by atoms with Crippen molar-refractivity contribution < 1.29 is 32.7 Å². The summed E-state index contributed by atoms with van der Waals surface area (Å²) in [4.78, 5) is 36.0. The Bertz CT molecular complexity index is 439. The second-order valence-electron chi connectivity index (χ2n) is 4.99. The molecule has 0 bridgehead atoms. The van der Waals surface area contributed by atoms with Crippen molar-refractivity contribution in [1.82, 2.24) is 9.80 Å². The lowest BCUT2D eigenvalue weighted by Gasteiger charge is -2.27. The number of halogens is 3. The van der Waals surface area contributed by atoms with E-state index in [1.54, 1.807) is 13.8 Å². The number of alkyl halides is 3. The van der Waals surface area contributed by atoms with Gasteiger partial charge in [0.25, 0.3) is 0 Å². The van der Waals surface area contributed by atoms with E-state index in [1.807, 2.05) is 0 Å². The number of imide groups is 1. The van der Waals surface area contributed by atoms with E-state index in [0.29, 0.717) is 11.3 Å². The van der Waals surface area contributed by atoms with E-state index in [2.05, 4.69) is 0 Å². The maximum Gasteiger partial charge on any atom is 0.401 e. The molecule has 1 saturated heterocycles. The van der Waals surface area contributed by atoms with E-state index in [9.17, 15) is 27.6 Å². The lowest BCUT2D eigenvalue weighted by atomic mass is 10.2. The monoisotopic (exact) mass is 310 g/mol. The number of hydrogen-bond donors (Lipinski definition) is 1. The van der Waals surface area contributed by atoms with Crippen LogP contribution in [0, 0.1) is 0 Å². The number of nitrogens with zero attached hydrogens (tertiary/aromatic N) is 2. The first-order valence-corrected chi connectivity index (χ1v) is 6.45. The van der Waals surface area contributed by atoms with Crippen molar-refractivity contribution in [3.63, 3.8) is 0 Å². The number of hydrogen-bond acceptors (Lipinski definition) is 4. The molecule has 0 saturated carbocycles. The number of aliphatic carboxylic acids is 1. The first-order chi connectivity index (χ1) is 9.56. The third kappa shape index (κ3) is 4.42. The average Bonchev–Trinajstić information content (AvgIpc) is 2.61. The van der Waals surface area contributed by atoms with Crippen LogP contribution in [0.25, 0.3) is 0 Å². The van der Waals surface area contributed by atoms with Crippen LogP contribution in [0.15, 0.2) is 0 Å². The minimum Gasteiger partial charge on any atom is -0.480 e. The number of carboxylic acid groups (broad SMARTS) is 1. The number of carbonyl (C=O) groups is 3. The van der Waals surface area contributed by atoms with Crippen molar-refractivity contribution in [1.29, 1.82) is 0 Å². The van der Waals surface area contributed by atoms with Crippen LogP contribution in [0.4, 0.5) is 13.2 Å². The van der Waals surface area contributed by atoms with Crippen LogP contribution in [-0.2, 0) is 14.4 Å². The predicted octanol–water partition coefficient (Wildman–Crippen LogP) is 0.861. The fraction of sp³-hybridized carbons (Fsp3) is 0.750. The quantitative estimate of drug-likeness (QED) is 0.736. The molecule has 1 aliphatic heterocycles. The standard InChI is InChI=1S/C12H17F3N2O4/c1-3-7(2)17-9(18)4-8(11(17)21)16(5-10(19)20)6-12(13,14)15/h7-8H,3-6H2,1-2H3,(H,19,20). The van der Waals surface area contributed by atoms with Crippen molar-refractivity contribution >= 4 is 17.8 Å². The van der Waals surface area contributed by atoms with E-state index in [1.165, 1.54) is 0 Å². The molecule has 2 atom stereocenters. The van der Waals surface area contributed by atoms with E-state index in [4.69, 9.17) is 5.11 Å². The Balaban J connectivity index is 2.96. The van der Waals surface area contributed by atoms with Crippen LogP contribution in [0.1, 0.15) is 26.7 Å². The zero-order valence-electron chi connectivity index (χ0n) is 11.7. The Kier molecular flexibility index (Phi) is 5.32. The summed E-state index contributed by atoms with van der Waals surface area (Å²) in [7, 11) is 0. The topological polar surface area (TPSA) is 77.9 Å². The molecule has 9 heteroatoms. The van der Waals surface area contributed by atoms with E-state index < -0.39 is 55.6 Å². The summed E-state index contributed by atoms with van der Waals surface area (Å²) in [5.41, 5.74) is 0. The summed E-state index contributed by atoms with van der Waals surface area (Å²) >= 11 is 0. The maximum atomic E-state index is 12.5.